The number of rotatable bonds is 7. The van der Waals surface area contributed by atoms with Crippen molar-refractivity contribution in [2.24, 2.45) is 0 Å². The highest BCUT2D eigenvalue weighted by Crippen LogP contribution is 2.16. The summed E-state index contributed by atoms with van der Waals surface area (Å²) in [5, 5.41) is 9.28. The van der Waals surface area contributed by atoms with E-state index in [0.29, 0.717) is 31.0 Å². The van der Waals surface area contributed by atoms with E-state index in [1.54, 1.807) is 12.2 Å². The normalized spacial score (nSPS) is 11.0. The molecule has 2 aromatic rings. The summed E-state index contributed by atoms with van der Waals surface area (Å²) in [6, 6.07) is 2.71. The molecule has 0 bridgehead atoms. The molecule has 0 aliphatic heterocycles. The molecule has 2 rings (SSSR count). The highest BCUT2D eigenvalue weighted by Gasteiger charge is 2.20. The number of aromatic nitrogens is 2. The molecule has 6 heteroatoms. The van der Waals surface area contributed by atoms with Gasteiger partial charge in [-0.1, -0.05) is 12.2 Å². The van der Waals surface area contributed by atoms with Crippen LogP contribution in [0.25, 0.3) is 5.65 Å². The van der Waals surface area contributed by atoms with Gasteiger partial charge in [-0.15, -0.1) is 13.2 Å². The van der Waals surface area contributed by atoms with Crippen LogP contribution in [0.15, 0.2) is 43.6 Å². The number of fused-ring (bicyclic) bond motifs is 1. The van der Waals surface area contributed by atoms with Gasteiger partial charge in [0.1, 0.15) is 11.5 Å². The predicted molar refractivity (Wildman–Crippen MR) is 77.8 cm³/mol. The zero-order valence-electron chi connectivity index (χ0n) is 11.5. The first-order chi connectivity index (χ1) is 10.1. The second-order valence-corrected chi connectivity index (χ2v) is 4.56. The lowest BCUT2D eigenvalue weighted by Gasteiger charge is -2.18. The van der Waals surface area contributed by atoms with E-state index >= 15 is 0 Å². The molecular formula is C15H16FN3O2. The summed E-state index contributed by atoms with van der Waals surface area (Å²) < 4.78 is 14.9. The van der Waals surface area contributed by atoms with Crippen molar-refractivity contribution >= 4 is 11.6 Å². The van der Waals surface area contributed by atoms with Gasteiger partial charge in [-0.05, 0) is 12.1 Å². The van der Waals surface area contributed by atoms with Gasteiger partial charge >= 0.3 is 5.97 Å². The van der Waals surface area contributed by atoms with Crippen LogP contribution in [0.2, 0.25) is 0 Å². The molecule has 0 fully saturated rings. The maximum Gasteiger partial charge on any atom is 0.356 e. The number of carboxylic acids is 1. The topological polar surface area (TPSA) is 57.8 Å². The van der Waals surface area contributed by atoms with Gasteiger partial charge in [-0.25, -0.2) is 14.2 Å². The largest absolute Gasteiger partial charge is 0.476 e. The summed E-state index contributed by atoms with van der Waals surface area (Å²) in [6.45, 7) is 8.78. The van der Waals surface area contributed by atoms with Gasteiger partial charge in [0, 0.05) is 25.8 Å². The minimum absolute atomic E-state index is 0.0706. The molecule has 21 heavy (non-hydrogen) atoms. The number of halogens is 1. The van der Waals surface area contributed by atoms with Gasteiger partial charge in [-0.2, -0.15) is 0 Å². The molecule has 0 aliphatic carbocycles. The summed E-state index contributed by atoms with van der Waals surface area (Å²) in [4.78, 5) is 17.3. The van der Waals surface area contributed by atoms with Crippen LogP contribution >= 0.6 is 0 Å². The highest BCUT2D eigenvalue weighted by molar-refractivity contribution is 5.88. The third-order valence-corrected chi connectivity index (χ3v) is 3.03. The van der Waals surface area contributed by atoms with Gasteiger partial charge in [-0.3, -0.25) is 9.30 Å². The minimum Gasteiger partial charge on any atom is -0.476 e. The zero-order chi connectivity index (χ0) is 15.4. The number of hydrogen-bond donors (Lipinski definition) is 1. The summed E-state index contributed by atoms with van der Waals surface area (Å²) in [5.74, 6) is -1.58. The van der Waals surface area contributed by atoms with Crippen LogP contribution in [-0.2, 0) is 6.54 Å². The van der Waals surface area contributed by atoms with E-state index in [-0.39, 0.29) is 5.69 Å². The van der Waals surface area contributed by atoms with Gasteiger partial charge in [0.15, 0.2) is 5.69 Å². The first kappa shape index (κ1) is 14.9. The van der Waals surface area contributed by atoms with E-state index in [0.717, 1.165) is 0 Å². The Morgan fingerprint density at radius 3 is 2.62 bits per heavy atom. The molecule has 0 unspecified atom stereocenters. The summed E-state index contributed by atoms with van der Waals surface area (Å²) >= 11 is 0. The molecule has 2 aromatic heterocycles. The van der Waals surface area contributed by atoms with Gasteiger partial charge in [0.05, 0.1) is 5.69 Å². The van der Waals surface area contributed by atoms with Gasteiger partial charge in [0.25, 0.3) is 0 Å². The van der Waals surface area contributed by atoms with Crippen molar-refractivity contribution in [1.82, 2.24) is 14.3 Å². The molecule has 0 radical (unpaired) electrons. The van der Waals surface area contributed by atoms with Crippen LogP contribution in [0.5, 0.6) is 0 Å². The number of pyridine rings is 1. The quantitative estimate of drug-likeness (QED) is 0.795. The number of nitrogens with zero attached hydrogens (tertiary/aromatic N) is 3. The van der Waals surface area contributed by atoms with Crippen molar-refractivity contribution in [3.8, 4) is 0 Å². The standard InChI is InChI=1S/C15H16FN3O2/c1-3-7-18(8-4-2)10-12-14(15(20)21)17-13-6-5-11(16)9-19(12)13/h3-6,9H,1-2,7-8,10H2,(H,20,21). The zero-order valence-corrected chi connectivity index (χ0v) is 11.5. The maximum atomic E-state index is 13.4. The van der Waals surface area contributed by atoms with E-state index in [9.17, 15) is 14.3 Å². The van der Waals surface area contributed by atoms with Crippen molar-refractivity contribution in [3.05, 3.63) is 60.8 Å². The third-order valence-electron chi connectivity index (χ3n) is 3.03. The van der Waals surface area contributed by atoms with Crippen molar-refractivity contribution in [3.63, 3.8) is 0 Å². The molecule has 0 saturated heterocycles. The second-order valence-electron chi connectivity index (χ2n) is 4.56. The number of hydrogen-bond acceptors (Lipinski definition) is 3. The molecule has 110 valence electrons. The van der Waals surface area contributed by atoms with Gasteiger partial charge < -0.3 is 5.11 Å². The first-order valence-electron chi connectivity index (χ1n) is 6.40. The number of carbonyl (C=O) groups is 1. The van der Waals surface area contributed by atoms with Crippen molar-refractivity contribution in [2.45, 2.75) is 6.54 Å². The molecule has 0 aliphatic rings. The highest BCUT2D eigenvalue weighted by atomic mass is 19.1. The van der Waals surface area contributed by atoms with Crippen molar-refractivity contribution < 1.29 is 14.3 Å². The lowest BCUT2D eigenvalue weighted by Crippen LogP contribution is -2.25. The van der Waals surface area contributed by atoms with Crippen LogP contribution in [0.4, 0.5) is 4.39 Å². The summed E-state index contributed by atoms with van der Waals surface area (Å²) in [5.41, 5.74) is 0.764. The Bertz CT molecular complexity index is 684. The number of carboxylic acid groups (broad SMARTS) is 1. The molecular weight excluding hydrogens is 273 g/mol. The van der Waals surface area contributed by atoms with Crippen LogP contribution < -0.4 is 0 Å². The fourth-order valence-corrected chi connectivity index (χ4v) is 2.17. The molecule has 0 aromatic carbocycles. The Morgan fingerprint density at radius 1 is 1.38 bits per heavy atom. The van der Waals surface area contributed by atoms with Crippen molar-refractivity contribution in [2.75, 3.05) is 13.1 Å². The minimum atomic E-state index is -1.13. The summed E-state index contributed by atoms with van der Waals surface area (Å²) in [6.07, 6.45) is 4.67. The molecule has 0 saturated carbocycles. The van der Waals surface area contributed by atoms with Crippen molar-refractivity contribution in [1.29, 1.82) is 0 Å². The maximum absolute atomic E-state index is 13.4. The molecule has 2 heterocycles. The fraction of sp³-hybridized carbons (Fsp3) is 0.200. The number of aromatic carboxylic acids is 1. The lowest BCUT2D eigenvalue weighted by molar-refractivity contribution is 0.0688. The molecule has 1 N–H and O–H groups in total. The van der Waals surface area contributed by atoms with Crippen LogP contribution in [0, 0.1) is 5.82 Å². The van der Waals surface area contributed by atoms with E-state index in [1.807, 2.05) is 4.90 Å². The smallest absolute Gasteiger partial charge is 0.356 e. The predicted octanol–water partition coefficient (Wildman–Crippen LogP) is 2.35. The van der Waals surface area contributed by atoms with Crippen LogP contribution in [0.1, 0.15) is 16.2 Å². The van der Waals surface area contributed by atoms with E-state index in [2.05, 4.69) is 18.1 Å². The molecule has 0 atom stereocenters. The monoisotopic (exact) mass is 289 g/mol. The Hall–Kier alpha value is -2.47. The van der Waals surface area contributed by atoms with Gasteiger partial charge in [0.2, 0.25) is 0 Å². The third kappa shape index (κ3) is 3.17. The Kier molecular flexibility index (Phi) is 4.49. The Balaban J connectivity index is 2.50. The van der Waals surface area contributed by atoms with E-state index in [1.165, 1.54) is 22.7 Å². The lowest BCUT2D eigenvalue weighted by atomic mass is 10.3. The average molecular weight is 289 g/mol. The first-order valence-corrected chi connectivity index (χ1v) is 6.40. The second kappa shape index (κ2) is 6.32. The molecule has 0 spiro atoms. The molecule has 5 nitrogen and oxygen atoms in total. The van der Waals surface area contributed by atoms with E-state index in [4.69, 9.17) is 0 Å². The Labute approximate surface area is 121 Å². The SMILES string of the molecule is C=CCN(CC=C)Cc1c(C(=O)O)nc2ccc(F)cn12. The molecule has 0 amide bonds. The fourth-order valence-electron chi connectivity index (χ4n) is 2.17. The number of imidazole rings is 1. The summed E-state index contributed by atoms with van der Waals surface area (Å²) in [7, 11) is 0. The average Bonchev–Trinajstić information content (AvgIpc) is 2.78. The van der Waals surface area contributed by atoms with Crippen LogP contribution in [-0.4, -0.2) is 38.4 Å². The van der Waals surface area contributed by atoms with Crippen LogP contribution in [0.3, 0.4) is 0 Å². The Morgan fingerprint density at radius 2 is 2.05 bits per heavy atom. The van der Waals surface area contributed by atoms with E-state index < -0.39 is 11.8 Å².